The second-order valence-corrected chi connectivity index (χ2v) is 7.33. The van der Waals surface area contributed by atoms with Gasteiger partial charge in [-0.15, -0.1) is 6.58 Å². The number of ketones is 1. The van der Waals surface area contributed by atoms with Crippen molar-refractivity contribution in [3.8, 4) is 11.5 Å². The molecule has 1 aliphatic heterocycles. The Kier molecular flexibility index (Phi) is 5.61. The van der Waals surface area contributed by atoms with Crippen LogP contribution >= 0.6 is 0 Å². The van der Waals surface area contributed by atoms with Crippen LogP contribution < -0.4 is 9.47 Å². The lowest BCUT2D eigenvalue weighted by atomic mass is 9.69. The number of hydrogen-bond acceptors (Lipinski definition) is 5. The van der Waals surface area contributed by atoms with Crippen LogP contribution in [-0.4, -0.2) is 32.4 Å². The number of benzene rings is 1. The summed E-state index contributed by atoms with van der Waals surface area (Å²) < 4.78 is 22.7. The van der Waals surface area contributed by atoms with E-state index in [1.54, 1.807) is 14.2 Å². The third-order valence-electron chi connectivity index (χ3n) is 5.77. The molecule has 1 heterocycles. The number of Topliss-reactive ketones (excluding diaryl/α,β-unsaturated/α-hetero) is 1. The lowest BCUT2D eigenvalue weighted by molar-refractivity contribution is -0.124. The van der Waals surface area contributed by atoms with Gasteiger partial charge >= 0.3 is 0 Å². The summed E-state index contributed by atoms with van der Waals surface area (Å²) >= 11 is 0. The number of fused-ring (bicyclic) bond motifs is 1. The van der Waals surface area contributed by atoms with Gasteiger partial charge in [-0.25, -0.2) is 0 Å². The molecule has 27 heavy (non-hydrogen) atoms. The maximum Gasteiger partial charge on any atom is 0.189 e. The maximum absolute atomic E-state index is 12.7. The third kappa shape index (κ3) is 3.36. The molecule has 3 rings (SSSR count). The van der Waals surface area contributed by atoms with Gasteiger partial charge in [0.2, 0.25) is 0 Å². The van der Waals surface area contributed by atoms with Crippen LogP contribution in [0.2, 0.25) is 0 Å². The first-order chi connectivity index (χ1) is 13.0. The summed E-state index contributed by atoms with van der Waals surface area (Å²) in [5.74, 6) is 2.28. The van der Waals surface area contributed by atoms with Crippen molar-refractivity contribution in [3.63, 3.8) is 0 Å². The third-order valence-corrected chi connectivity index (χ3v) is 5.77. The number of hydrogen-bond donors (Lipinski definition) is 0. The van der Waals surface area contributed by atoms with Crippen molar-refractivity contribution in [2.75, 3.05) is 21.0 Å². The molecule has 1 saturated heterocycles. The first-order valence-electron chi connectivity index (χ1n) is 9.31. The van der Waals surface area contributed by atoms with Gasteiger partial charge in [-0.1, -0.05) is 19.1 Å². The summed E-state index contributed by atoms with van der Waals surface area (Å²) in [7, 11) is 3.26. The van der Waals surface area contributed by atoms with Gasteiger partial charge in [-0.05, 0) is 49.8 Å². The quantitative estimate of drug-likeness (QED) is 0.676. The molecule has 0 amide bonds. The lowest BCUT2D eigenvalue weighted by Crippen LogP contribution is -2.46. The van der Waals surface area contributed by atoms with Crippen molar-refractivity contribution < 1.29 is 23.7 Å². The van der Waals surface area contributed by atoms with E-state index in [1.165, 1.54) is 0 Å². The number of carbonyl (C=O) groups is 1. The van der Waals surface area contributed by atoms with Crippen molar-refractivity contribution in [2.45, 2.75) is 38.7 Å². The van der Waals surface area contributed by atoms with Crippen molar-refractivity contribution in [2.24, 2.45) is 11.8 Å². The molecule has 1 aromatic rings. The van der Waals surface area contributed by atoms with E-state index < -0.39 is 5.60 Å². The summed E-state index contributed by atoms with van der Waals surface area (Å²) in [6.45, 7) is 7.99. The van der Waals surface area contributed by atoms with Crippen molar-refractivity contribution >= 4 is 5.78 Å². The van der Waals surface area contributed by atoms with Crippen LogP contribution in [0.15, 0.2) is 42.2 Å². The van der Waals surface area contributed by atoms with E-state index >= 15 is 0 Å². The van der Waals surface area contributed by atoms with Crippen LogP contribution in [-0.2, 0) is 20.7 Å². The summed E-state index contributed by atoms with van der Waals surface area (Å²) in [6, 6.07) is 5.94. The minimum absolute atomic E-state index is 0.110. The first-order valence-corrected chi connectivity index (χ1v) is 9.31. The zero-order chi connectivity index (χ0) is 19.6. The number of carbonyl (C=O) groups excluding carboxylic acids is 1. The standard InChI is InChI=1S/C22H28O5/c1-6-7-17-12-22(21(26-13-27-22)15(3)20(17)23)14(2)10-16-8-9-18(24-4)19(11-16)25-5/h6,8-9,11,14,17H,1,7,10,12-13H2,2-5H3/t14-,17-,22+/m0/s1. The molecular formula is C22H28O5. The van der Waals surface area contributed by atoms with Gasteiger partial charge < -0.3 is 18.9 Å². The molecule has 0 radical (unpaired) electrons. The van der Waals surface area contributed by atoms with Crippen LogP contribution in [0.4, 0.5) is 0 Å². The fraction of sp³-hybridized carbons (Fsp3) is 0.500. The monoisotopic (exact) mass is 372 g/mol. The molecule has 0 bridgehead atoms. The fourth-order valence-corrected chi connectivity index (χ4v) is 4.32. The molecule has 2 aliphatic rings. The Balaban J connectivity index is 1.91. The Morgan fingerprint density at radius 2 is 2.07 bits per heavy atom. The highest BCUT2D eigenvalue weighted by atomic mass is 16.7. The number of methoxy groups -OCH3 is 2. The van der Waals surface area contributed by atoms with Crippen LogP contribution in [0.25, 0.3) is 0 Å². The van der Waals surface area contributed by atoms with Gasteiger partial charge in [-0.2, -0.15) is 0 Å². The zero-order valence-electron chi connectivity index (χ0n) is 16.5. The van der Waals surface area contributed by atoms with E-state index in [1.807, 2.05) is 31.2 Å². The van der Waals surface area contributed by atoms with Gasteiger partial charge in [0.05, 0.1) is 14.2 Å². The van der Waals surface area contributed by atoms with Gasteiger partial charge in [0, 0.05) is 11.5 Å². The SMILES string of the molecule is C=CC[C@H]1C[C@]2([C@@H](C)Cc3ccc(OC)c(OC)c3)OCOC2=C(C)C1=O. The average Bonchev–Trinajstić information content (AvgIpc) is 3.11. The number of ether oxygens (including phenoxy) is 4. The molecule has 0 spiro atoms. The highest BCUT2D eigenvalue weighted by molar-refractivity contribution is 5.98. The Labute approximate surface area is 160 Å². The Bertz CT molecular complexity index is 766. The molecule has 0 aromatic heterocycles. The van der Waals surface area contributed by atoms with Crippen LogP contribution in [0.5, 0.6) is 11.5 Å². The van der Waals surface area contributed by atoms with E-state index in [2.05, 4.69) is 13.5 Å². The first kappa shape index (κ1) is 19.5. The topological polar surface area (TPSA) is 54.0 Å². The molecule has 1 fully saturated rings. The van der Waals surface area contributed by atoms with Gasteiger partial charge in [0.25, 0.3) is 0 Å². The van der Waals surface area contributed by atoms with E-state index in [-0.39, 0.29) is 24.4 Å². The van der Waals surface area contributed by atoms with Crippen molar-refractivity contribution in [1.29, 1.82) is 0 Å². The van der Waals surface area contributed by atoms with E-state index in [9.17, 15) is 4.79 Å². The molecule has 0 saturated carbocycles. The van der Waals surface area contributed by atoms with E-state index in [4.69, 9.17) is 18.9 Å². The molecule has 1 aromatic carbocycles. The van der Waals surface area contributed by atoms with Crippen LogP contribution in [0.3, 0.4) is 0 Å². The minimum atomic E-state index is -0.571. The summed E-state index contributed by atoms with van der Waals surface area (Å²) in [6.07, 6.45) is 3.86. The molecule has 5 nitrogen and oxygen atoms in total. The van der Waals surface area contributed by atoms with Crippen LogP contribution in [0.1, 0.15) is 32.3 Å². The number of rotatable bonds is 7. The van der Waals surface area contributed by atoms with E-state index in [0.29, 0.717) is 35.7 Å². The van der Waals surface area contributed by atoms with Gasteiger partial charge in [0.15, 0.2) is 24.1 Å². The second kappa shape index (κ2) is 7.77. The predicted octanol–water partition coefficient (Wildman–Crippen LogP) is 4.06. The smallest absolute Gasteiger partial charge is 0.189 e. The highest BCUT2D eigenvalue weighted by Gasteiger charge is 2.53. The lowest BCUT2D eigenvalue weighted by Gasteiger charge is -2.40. The van der Waals surface area contributed by atoms with Crippen molar-refractivity contribution in [1.82, 2.24) is 0 Å². The summed E-state index contributed by atoms with van der Waals surface area (Å²) in [5, 5.41) is 0. The van der Waals surface area contributed by atoms with Gasteiger partial charge in [0.1, 0.15) is 11.4 Å². The Morgan fingerprint density at radius 3 is 2.74 bits per heavy atom. The molecule has 0 N–H and O–H groups in total. The largest absolute Gasteiger partial charge is 0.493 e. The fourth-order valence-electron chi connectivity index (χ4n) is 4.32. The average molecular weight is 372 g/mol. The normalized spacial score (nSPS) is 25.6. The summed E-state index contributed by atoms with van der Waals surface area (Å²) in [4.78, 5) is 12.7. The Morgan fingerprint density at radius 1 is 1.33 bits per heavy atom. The summed E-state index contributed by atoms with van der Waals surface area (Å²) in [5.41, 5.74) is 1.24. The Hall–Kier alpha value is -2.27. The zero-order valence-corrected chi connectivity index (χ0v) is 16.5. The van der Waals surface area contributed by atoms with Crippen LogP contribution in [0, 0.1) is 11.8 Å². The molecular weight excluding hydrogens is 344 g/mol. The maximum atomic E-state index is 12.7. The number of allylic oxidation sites excluding steroid dienone is 2. The second-order valence-electron chi connectivity index (χ2n) is 7.33. The molecule has 146 valence electrons. The molecule has 1 aliphatic carbocycles. The van der Waals surface area contributed by atoms with Gasteiger partial charge in [-0.3, -0.25) is 4.79 Å². The predicted molar refractivity (Wildman–Crippen MR) is 103 cm³/mol. The molecule has 0 unspecified atom stereocenters. The van der Waals surface area contributed by atoms with E-state index in [0.717, 1.165) is 12.0 Å². The minimum Gasteiger partial charge on any atom is -0.493 e. The molecule has 5 heteroatoms. The van der Waals surface area contributed by atoms with Crippen molar-refractivity contribution in [3.05, 3.63) is 47.7 Å². The molecule has 3 atom stereocenters. The highest BCUT2D eigenvalue weighted by Crippen LogP contribution is 2.48.